The number of hydrogen-bond donors (Lipinski definition) is 0. The van der Waals surface area contributed by atoms with Crippen LogP contribution >= 0.6 is 0 Å². The van der Waals surface area contributed by atoms with Crippen LogP contribution in [0.3, 0.4) is 0 Å². The van der Waals surface area contributed by atoms with Crippen LogP contribution in [0.1, 0.15) is 23.3 Å². The topological polar surface area (TPSA) is 82.4 Å². The third kappa shape index (κ3) is 3.09. The minimum absolute atomic E-state index is 0.0254. The molecule has 0 aliphatic heterocycles. The minimum Gasteiger partial charge on any atom is -0.495 e. The van der Waals surface area contributed by atoms with Crippen molar-refractivity contribution in [2.24, 2.45) is 0 Å². The first kappa shape index (κ1) is 16.0. The van der Waals surface area contributed by atoms with Gasteiger partial charge in [-0.25, -0.2) is 12.4 Å². The number of Topliss-reactive ketones (excluding diaryl/α,β-unsaturated/α-hetero) is 1. The van der Waals surface area contributed by atoms with Gasteiger partial charge in [0.25, 0.3) is 10.0 Å². The van der Waals surface area contributed by atoms with E-state index in [-0.39, 0.29) is 29.2 Å². The molecular weight excluding hydrogens is 306 g/mol. The molecular formula is C15H15NO5S. The first-order valence-corrected chi connectivity index (χ1v) is 7.98. The molecule has 0 amide bonds. The average Bonchev–Trinajstić information content (AvgIpc) is 2.98. The summed E-state index contributed by atoms with van der Waals surface area (Å²) < 4.78 is 31.2. The highest BCUT2D eigenvalue weighted by atomic mass is 32.2. The van der Waals surface area contributed by atoms with Gasteiger partial charge in [0.2, 0.25) is 0 Å². The van der Waals surface area contributed by atoms with Gasteiger partial charge >= 0.3 is 0 Å². The van der Waals surface area contributed by atoms with E-state index in [1.807, 2.05) is 0 Å². The Labute approximate surface area is 128 Å². The Morgan fingerprint density at radius 1 is 1.27 bits per heavy atom. The zero-order valence-corrected chi connectivity index (χ0v) is 12.7. The van der Waals surface area contributed by atoms with Crippen molar-refractivity contribution in [3.05, 3.63) is 48.3 Å². The molecule has 116 valence electrons. The fourth-order valence-electron chi connectivity index (χ4n) is 1.96. The molecule has 0 N–H and O–H groups in total. The van der Waals surface area contributed by atoms with Crippen LogP contribution in [-0.4, -0.2) is 31.6 Å². The summed E-state index contributed by atoms with van der Waals surface area (Å²) in [5.74, 6) is -0.177. The number of aldehydes is 1. The second-order valence-electron chi connectivity index (χ2n) is 4.51. The van der Waals surface area contributed by atoms with E-state index in [4.69, 9.17) is 4.74 Å². The molecule has 1 heterocycles. The van der Waals surface area contributed by atoms with Crippen LogP contribution < -0.4 is 4.74 Å². The van der Waals surface area contributed by atoms with Crippen LogP contribution in [0.5, 0.6) is 5.75 Å². The first-order chi connectivity index (χ1) is 10.5. The van der Waals surface area contributed by atoms with Crippen molar-refractivity contribution in [3.63, 3.8) is 0 Å². The zero-order chi connectivity index (χ0) is 16.2. The Kier molecular flexibility index (Phi) is 4.77. The summed E-state index contributed by atoms with van der Waals surface area (Å²) in [6.45, 7) is 0. The first-order valence-electron chi connectivity index (χ1n) is 6.54. The predicted octanol–water partition coefficient (Wildman–Crippen LogP) is 1.90. The maximum atomic E-state index is 12.6. The largest absolute Gasteiger partial charge is 0.495 e. The van der Waals surface area contributed by atoms with Gasteiger partial charge in [-0.2, -0.15) is 0 Å². The normalized spacial score (nSPS) is 11.1. The van der Waals surface area contributed by atoms with Crippen LogP contribution in [-0.2, 0) is 14.8 Å². The molecule has 0 fully saturated rings. The monoisotopic (exact) mass is 321 g/mol. The number of ether oxygens (including phenoxy) is 1. The summed E-state index contributed by atoms with van der Waals surface area (Å²) in [4.78, 5) is 22.6. The van der Waals surface area contributed by atoms with Crippen molar-refractivity contribution >= 4 is 22.1 Å². The third-order valence-electron chi connectivity index (χ3n) is 3.07. The molecule has 0 saturated carbocycles. The van der Waals surface area contributed by atoms with Crippen LogP contribution in [0, 0.1) is 0 Å². The zero-order valence-electron chi connectivity index (χ0n) is 11.9. The maximum Gasteiger partial charge on any atom is 0.268 e. The van der Waals surface area contributed by atoms with E-state index in [1.54, 1.807) is 18.2 Å². The summed E-state index contributed by atoms with van der Waals surface area (Å²) >= 11 is 0. The number of hydrogen-bond acceptors (Lipinski definition) is 5. The highest BCUT2D eigenvalue weighted by Crippen LogP contribution is 2.23. The van der Waals surface area contributed by atoms with Gasteiger partial charge < -0.3 is 9.53 Å². The fraction of sp³-hybridized carbons (Fsp3) is 0.200. The van der Waals surface area contributed by atoms with Crippen molar-refractivity contribution < 1.29 is 22.7 Å². The lowest BCUT2D eigenvalue weighted by Gasteiger charge is -2.09. The third-order valence-corrected chi connectivity index (χ3v) is 4.76. The second-order valence-corrected chi connectivity index (χ2v) is 6.32. The van der Waals surface area contributed by atoms with Crippen LogP contribution in [0.15, 0.2) is 47.5 Å². The minimum atomic E-state index is -3.90. The number of nitrogens with zero attached hydrogens (tertiary/aromatic N) is 1. The molecule has 0 aliphatic carbocycles. The number of carbonyl (C=O) groups excluding carboxylic acids is 2. The summed E-state index contributed by atoms with van der Waals surface area (Å²) in [5.41, 5.74) is -0.0254. The van der Waals surface area contributed by atoms with E-state index in [0.29, 0.717) is 6.29 Å². The number of carbonyl (C=O) groups is 2. The Hall–Kier alpha value is -2.41. The molecule has 0 bridgehead atoms. The van der Waals surface area contributed by atoms with Crippen molar-refractivity contribution in [2.45, 2.75) is 17.7 Å². The second kappa shape index (κ2) is 6.57. The summed E-state index contributed by atoms with van der Waals surface area (Å²) in [6.07, 6.45) is 1.85. The van der Waals surface area contributed by atoms with Crippen molar-refractivity contribution in [1.29, 1.82) is 0 Å². The Bertz CT molecular complexity index is 778. The number of ketones is 1. The van der Waals surface area contributed by atoms with Gasteiger partial charge in [0.15, 0.2) is 5.78 Å². The van der Waals surface area contributed by atoms with E-state index in [0.717, 1.165) is 3.97 Å². The van der Waals surface area contributed by atoms with Crippen molar-refractivity contribution in [3.8, 4) is 5.75 Å². The number of benzene rings is 1. The molecule has 0 unspecified atom stereocenters. The standard InChI is InChI=1S/C15H15NO5S/c1-21-12-10-14(15(18)8-5-9-17)16(11-12)22(19,20)13-6-3-2-4-7-13/h2-4,6-7,9-11H,5,8H2,1H3. The molecule has 22 heavy (non-hydrogen) atoms. The lowest BCUT2D eigenvalue weighted by atomic mass is 10.2. The molecule has 0 saturated heterocycles. The molecule has 0 atom stereocenters. The highest BCUT2D eigenvalue weighted by Gasteiger charge is 2.24. The van der Waals surface area contributed by atoms with E-state index >= 15 is 0 Å². The van der Waals surface area contributed by atoms with Gasteiger partial charge in [-0.3, -0.25) is 4.79 Å². The molecule has 1 aromatic heterocycles. The van der Waals surface area contributed by atoms with Gasteiger partial charge in [-0.1, -0.05) is 18.2 Å². The summed E-state index contributed by atoms with van der Waals surface area (Å²) in [5, 5.41) is 0. The number of methoxy groups -OCH3 is 1. The van der Waals surface area contributed by atoms with Gasteiger partial charge in [0.1, 0.15) is 17.7 Å². The summed E-state index contributed by atoms with van der Waals surface area (Å²) in [7, 11) is -2.52. The molecule has 7 heteroatoms. The molecule has 1 aromatic carbocycles. The molecule has 0 spiro atoms. The molecule has 2 rings (SSSR count). The van der Waals surface area contributed by atoms with Gasteiger partial charge in [0, 0.05) is 18.9 Å². The lowest BCUT2D eigenvalue weighted by molar-refractivity contribution is -0.107. The molecule has 2 aromatic rings. The van der Waals surface area contributed by atoms with Crippen LogP contribution in [0.4, 0.5) is 0 Å². The Morgan fingerprint density at radius 3 is 2.55 bits per heavy atom. The molecule has 0 aliphatic rings. The van der Waals surface area contributed by atoms with Gasteiger partial charge in [-0.05, 0) is 12.1 Å². The van der Waals surface area contributed by atoms with E-state index in [2.05, 4.69) is 0 Å². The van der Waals surface area contributed by atoms with Gasteiger partial charge in [-0.15, -0.1) is 0 Å². The van der Waals surface area contributed by atoms with E-state index in [1.165, 1.54) is 31.5 Å². The Balaban J connectivity index is 2.52. The van der Waals surface area contributed by atoms with Crippen molar-refractivity contribution in [1.82, 2.24) is 3.97 Å². The molecule has 6 nitrogen and oxygen atoms in total. The highest BCUT2D eigenvalue weighted by molar-refractivity contribution is 7.90. The predicted molar refractivity (Wildman–Crippen MR) is 79.6 cm³/mol. The van der Waals surface area contributed by atoms with Crippen LogP contribution in [0.2, 0.25) is 0 Å². The average molecular weight is 321 g/mol. The number of aromatic nitrogens is 1. The SMILES string of the molecule is COc1cc(C(=O)CCC=O)n(S(=O)(=O)c2ccccc2)c1. The van der Waals surface area contributed by atoms with E-state index in [9.17, 15) is 18.0 Å². The van der Waals surface area contributed by atoms with E-state index < -0.39 is 15.8 Å². The fourth-order valence-corrected chi connectivity index (χ4v) is 3.34. The molecule has 0 radical (unpaired) electrons. The van der Waals surface area contributed by atoms with Crippen LogP contribution in [0.25, 0.3) is 0 Å². The number of rotatable bonds is 7. The lowest BCUT2D eigenvalue weighted by Crippen LogP contribution is -2.17. The van der Waals surface area contributed by atoms with Crippen molar-refractivity contribution in [2.75, 3.05) is 7.11 Å². The quantitative estimate of drug-likeness (QED) is 0.574. The van der Waals surface area contributed by atoms with Gasteiger partial charge in [0.05, 0.1) is 18.2 Å². The maximum absolute atomic E-state index is 12.6. The smallest absolute Gasteiger partial charge is 0.268 e. The summed E-state index contributed by atoms with van der Waals surface area (Å²) in [6, 6.07) is 9.14. The Morgan fingerprint density at radius 2 is 1.95 bits per heavy atom.